The SMILES string of the molecule is c1cnc2c(c1)-c1[nH]ncc1CO2. The lowest BCUT2D eigenvalue weighted by Gasteiger charge is -2.14. The molecule has 4 nitrogen and oxygen atoms in total. The molecule has 2 aromatic heterocycles. The first kappa shape index (κ1) is 6.65. The summed E-state index contributed by atoms with van der Waals surface area (Å²) in [4.78, 5) is 4.13. The Morgan fingerprint density at radius 3 is 3.46 bits per heavy atom. The summed E-state index contributed by atoms with van der Waals surface area (Å²) < 4.78 is 5.44. The molecular formula is C9H7N3O. The lowest BCUT2D eigenvalue weighted by Crippen LogP contribution is -2.04. The predicted molar refractivity (Wildman–Crippen MR) is 46.2 cm³/mol. The molecule has 0 aromatic carbocycles. The number of pyridine rings is 1. The van der Waals surface area contributed by atoms with Gasteiger partial charge >= 0.3 is 0 Å². The number of H-pyrrole nitrogens is 1. The zero-order chi connectivity index (χ0) is 8.67. The number of hydrogen-bond acceptors (Lipinski definition) is 3. The second kappa shape index (κ2) is 2.32. The fourth-order valence-electron chi connectivity index (χ4n) is 1.50. The number of nitrogens with zero attached hydrogens (tertiary/aromatic N) is 2. The minimum atomic E-state index is 0.551. The smallest absolute Gasteiger partial charge is 0.223 e. The highest BCUT2D eigenvalue weighted by molar-refractivity contribution is 5.69. The van der Waals surface area contributed by atoms with Crippen LogP contribution in [0.5, 0.6) is 5.88 Å². The average Bonchev–Trinajstić information content (AvgIpc) is 2.65. The Bertz CT molecular complexity index is 450. The van der Waals surface area contributed by atoms with Crippen LogP contribution in [0.25, 0.3) is 11.3 Å². The molecule has 1 aliphatic rings. The third-order valence-corrected chi connectivity index (χ3v) is 2.12. The third-order valence-electron chi connectivity index (χ3n) is 2.12. The van der Waals surface area contributed by atoms with Crippen LogP contribution >= 0.6 is 0 Å². The van der Waals surface area contributed by atoms with Crippen molar-refractivity contribution in [2.75, 3.05) is 0 Å². The Balaban J connectivity index is 2.30. The Hall–Kier alpha value is -1.84. The molecule has 0 fully saturated rings. The highest BCUT2D eigenvalue weighted by Gasteiger charge is 2.18. The second-order valence-electron chi connectivity index (χ2n) is 2.92. The second-order valence-corrected chi connectivity index (χ2v) is 2.92. The van der Waals surface area contributed by atoms with Crippen LogP contribution in [0.4, 0.5) is 0 Å². The summed E-state index contributed by atoms with van der Waals surface area (Å²) >= 11 is 0. The molecule has 64 valence electrons. The maximum absolute atomic E-state index is 5.44. The first-order valence-corrected chi connectivity index (χ1v) is 4.05. The number of fused-ring (bicyclic) bond motifs is 3. The largest absolute Gasteiger partial charge is 0.472 e. The fourth-order valence-corrected chi connectivity index (χ4v) is 1.50. The van der Waals surface area contributed by atoms with Crippen molar-refractivity contribution in [3.63, 3.8) is 0 Å². The molecule has 3 rings (SSSR count). The van der Waals surface area contributed by atoms with Crippen LogP contribution in [0, 0.1) is 0 Å². The molecule has 4 heteroatoms. The fraction of sp³-hybridized carbons (Fsp3) is 0.111. The minimum Gasteiger partial charge on any atom is -0.472 e. The number of nitrogens with one attached hydrogen (secondary N) is 1. The van der Waals surface area contributed by atoms with Gasteiger partial charge in [-0.25, -0.2) is 4.98 Å². The van der Waals surface area contributed by atoms with Gasteiger partial charge < -0.3 is 4.74 Å². The maximum atomic E-state index is 5.44. The molecule has 0 aliphatic carbocycles. The summed E-state index contributed by atoms with van der Waals surface area (Å²) in [5.41, 5.74) is 3.09. The van der Waals surface area contributed by atoms with E-state index in [-0.39, 0.29) is 0 Å². The molecule has 0 saturated carbocycles. The normalized spacial score (nSPS) is 12.9. The highest BCUT2D eigenvalue weighted by Crippen LogP contribution is 2.33. The Morgan fingerprint density at radius 1 is 1.46 bits per heavy atom. The number of rotatable bonds is 0. The van der Waals surface area contributed by atoms with Crippen molar-refractivity contribution in [3.8, 4) is 17.1 Å². The molecule has 1 aliphatic heterocycles. The van der Waals surface area contributed by atoms with Crippen LogP contribution in [0.15, 0.2) is 24.5 Å². The first-order valence-electron chi connectivity index (χ1n) is 4.05. The summed E-state index contributed by atoms with van der Waals surface area (Å²) in [5, 5.41) is 6.91. The average molecular weight is 173 g/mol. The van der Waals surface area contributed by atoms with Gasteiger partial charge in [0, 0.05) is 11.8 Å². The van der Waals surface area contributed by atoms with Gasteiger partial charge in [-0.1, -0.05) is 0 Å². The van der Waals surface area contributed by atoms with E-state index in [0.29, 0.717) is 12.5 Å². The van der Waals surface area contributed by atoms with E-state index in [1.165, 1.54) is 0 Å². The maximum Gasteiger partial charge on any atom is 0.223 e. The molecule has 0 atom stereocenters. The highest BCUT2D eigenvalue weighted by atomic mass is 16.5. The van der Waals surface area contributed by atoms with Gasteiger partial charge in [-0.15, -0.1) is 0 Å². The molecule has 3 heterocycles. The van der Waals surface area contributed by atoms with Crippen molar-refractivity contribution < 1.29 is 4.74 Å². The predicted octanol–water partition coefficient (Wildman–Crippen LogP) is 1.36. The molecule has 0 amide bonds. The quantitative estimate of drug-likeness (QED) is 0.654. The number of aromatic amines is 1. The summed E-state index contributed by atoms with van der Waals surface area (Å²) in [7, 11) is 0. The zero-order valence-corrected chi connectivity index (χ0v) is 6.82. The van der Waals surface area contributed by atoms with Crippen molar-refractivity contribution in [1.29, 1.82) is 0 Å². The van der Waals surface area contributed by atoms with E-state index in [1.807, 2.05) is 12.1 Å². The molecular weight excluding hydrogens is 166 g/mol. The van der Waals surface area contributed by atoms with Crippen LogP contribution in [0.3, 0.4) is 0 Å². The van der Waals surface area contributed by atoms with Crippen LogP contribution < -0.4 is 4.74 Å². The summed E-state index contributed by atoms with van der Waals surface area (Å²) in [6.07, 6.45) is 3.51. The van der Waals surface area contributed by atoms with Crippen molar-refractivity contribution in [2.24, 2.45) is 0 Å². The molecule has 0 spiro atoms. The standard InChI is InChI=1S/C9H7N3O/c1-2-7-8-6(4-11-12-8)5-13-9(7)10-3-1/h1-4H,5H2,(H,11,12). The lowest BCUT2D eigenvalue weighted by molar-refractivity contribution is 0.290. The van der Waals surface area contributed by atoms with Crippen LogP contribution in [0.1, 0.15) is 5.56 Å². The zero-order valence-electron chi connectivity index (χ0n) is 6.82. The van der Waals surface area contributed by atoms with E-state index in [4.69, 9.17) is 4.74 Å². The number of ether oxygens (including phenoxy) is 1. The van der Waals surface area contributed by atoms with Gasteiger partial charge in [0.1, 0.15) is 6.61 Å². The van der Waals surface area contributed by atoms with Crippen LogP contribution in [-0.2, 0) is 6.61 Å². The van der Waals surface area contributed by atoms with E-state index in [0.717, 1.165) is 16.8 Å². The third kappa shape index (κ3) is 0.853. The molecule has 13 heavy (non-hydrogen) atoms. The van der Waals surface area contributed by atoms with Crippen LogP contribution in [-0.4, -0.2) is 15.2 Å². The topological polar surface area (TPSA) is 50.8 Å². The molecule has 0 saturated heterocycles. The molecule has 0 unspecified atom stereocenters. The molecule has 2 aromatic rings. The van der Waals surface area contributed by atoms with E-state index >= 15 is 0 Å². The minimum absolute atomic E-state index is 0.551. The molecule has 0 radical (unpaired) electrons. The van der Waals surface area contributed by atoms with E-state index < -0.39 is 0 Å². The van der Waals surface area contributed by atoms with Crippen molar-refractivity contribution in [2.45, 2.75) is 6.61 Å². The first-order chi connectivity index (χ1) is 6.45. The van der Waals surface area contributed by atoms with E-state index in [9.17, 15) is 0 Å². The van der Waals surface area contributed by atoms with Gasteiger partial charge in [0.25, 0.3) is 0 Å². The van der Waals surface area contributed by atoms with Crippen molar-refractivity contribution >= 4 is 0 Å². The molecule has 1 N–H and O–H groups in total. The summed E-state index contributed by atoms with van der Waals surface area (Å²) in [6, 6.07) is 3.86. The van der Waals surface area contributed by atoms with Crippen molar-refractivity contribution in [1.82, 2.24) is 15.2 Å². The summed E-state index contributed by atoms with van der Waals surface area (Å²) in [5.74, 6) is 0.680. The van der Waals surface area contributed by atoms with E-state index in [1.54, 1.807) is 12.4 Å². The molecule has 0 bridgehead atoms. The van der Waals surface area contributed by atoms with Gasteiger partial charge in [0.2, 0.25) is 5.88 Å². The Morgan fingerprint density at radius 2 is 2.46 bits per heavy atom. The van der Waals surface area contributed by atoms with Gasteiger partial charge in [-0.05, 0) is 12.1 Å². The number of hydrogen-bond donors (Lipinski definition) is 1. The van der Waals surface area contributed by atoms with Crippen molar-refractivity contribution in [3.05, 3.63) is 30.1 Å². The van der Waals surface area contributed by atoms with E-state index in [2.05, 4.69) is 15.2 Å². The van der Waals surface area contributed by atoms with Gasteiger partial charge in [0.15, 0.2) is 0 Å². The van der Waals surface area contributed by atoms with Gasteiger partial charge in [-0.3, -0.25) is 5.10 Å². The lowest BCUT2D eigenvalue weighted by atomic mass is 10.1. The monoisotopic (exact) mass is 173 g/mol. The van der Waals surface area contributed by atoms with Gasteiger partial charge in [-0.2, -0.15) is 5.10 Å². The summed E-state index contributed by atoms with van der Waals surface area (Å²) in [6.45, 7) is 0.551. The number of aromatic nitrogens is 3. The Kier molecular flexibility index (Phi) is 1.19. The van der Waals surface area contributed by atoms with Crippen LogP contribution in [0.2, 0.25) is 0 Å². The van der Waals surface area contributed by atoms with Gasteiger partial charge in [0.05, 0.1) is 17.5 Å². The Labute approximate surface area is 74.6 Å².